The predicted molar refractivity (Wildman–Crippen MR) is 70.3 cm³/mol. The van der Waals surface area contributed by atoms with Crippen LogP contribution in [-0.2, 0) is 4.74 Å². The van der Waals surface area contributed by atoms with Gasteiger partial charge in [0.1, 0.15) is 0 Å². The Hall–Kier alpha value is -0.160. The second kappa shape index (κ2) is 7.31. The Bertz CT molecular complexity index is 214. The van der Waals surface area contributed by atoms with Gasteiger partial charge >= 0.3 is 0 Å². The van der Waals surface area contributed by atoms with E-state index in [2.05, 4.69) is 24.1 Å². The van der Waals surface area contributed by atoms with Gasteiger partial charge in [-0.1, -0.05) is 6.92 Å². The van der Waals surface area contributed by atoms with E-state index in [-0.39, 0.29) is 12.1 Å². The highest BCUT2D eigenvalue weighted by molar-refractivity contribution is 4.83. The summed E-state index contributed by atoms with van der Waals surface area (Å²) in [5.41, 5.74) is -0.116. The highest BCUT2D eigenvalue weighted by Crippen LogP contribution is 2.15. The van der Waals surface area contributed by atoms with Crippen molar-refractivity contribution >= 4 is 0 Å². The summed E-state index contributed by atoms with van der Waals surface area (Å²) in [4.78, 5) is 2.46. The lowest BCUT2D eigenvalue weighted by molar-refractivity contribution is 0.106. The Morgan fingerprint density at radius 1 is 1.53 bits per heavy atom. The summed E-state index contributed by atoms with van der Waals surface area (Å²) in [5.74, 6) is 0. The van der Waals surface area contributed by atoms with Crippen molar-refractivity contribution in [2.24, 2.45) is 0 Å². The van der Waals surface area contributed by atoms with Crippen LogP contribution in [0, 0.1) is 0 Å². The quantitative estimate of drug-likeness (QED) is 0.664. The molecule has 4 heteroatoms. The Labute approximate surface area is 105 Å². The summed E-state index contributed by atoms with van der Waals surface area (Å²) in [7, 11) is 1.79. The van der Waals surface area contributed by atoms with Gasteiger partial charge in [0.2, 0.25) is 0 Å². The van der Waals surface area contributed by atoms with Crippen LogP contribution in [0.1, 0.15) is 33.1 Å². The third kappa shape index (κ3) is 4.92. The number of likely N-dealkylation sites (tertiary alicyclic amines) is 1. The number of ether oxygens (including phenoxy) is 1. The van der Waals surface area contributed by atoms with Crippen LogP contribution in [0.25, 0.3) is 0 Å². The fourth-order valence-electron chi connectivity index (χ4n) is 2.54. The van der Waals surface area contributed by atoms with Gasteiger partial charge in [0.05, 0.1) is 12.7 Å². The second-order valence-electron chi connectivity index (χ2n) is 5.30. The number of hydrogen-bond acceptors (Lipinski definition) is 4. The van der Waals surface area contributed by atoms with Crippen LogP contribution in [0.2, 0.25) is 0 Å². The molecular formula is C13H28N2O2. The van der Waals surface area contributed by atoms with Gasteiger partial charge < -0.3 is 20.1 Å². The van der Waals surface area contributed by atoms with Crippen LogP contribution >= 0.6 is 0 Å². The lowest BCUT2D eigenvalue weighted by Crippen LogP contribution is -2.46. The molecule has 0 spiro atoms. The van der Waals surface area contributed by atoms with Gasteiger partial charge in [0.15, 0.2) is 0 Å². The smallest absolute Gasteiger partial charge is 0.0710 e. The van der Waals surface area contributed by atoms with Gasteiger partial charge in [-0.3, -0.25) is 0 Å². The first-order valence-electron chi connectivity index (χ1n) is 6.74. The molecule has 1 rings (SSSR count). The van der Waals surface area contributed by atoms with Crippen LogP contribution in [0.15, 0.2) is 0 Å². The molecule has 4 nitrogen and oxygen atoms in total. The van der Waals surface area contributed by atoms with E-state index in [4.69, 9.17) is 4.74 Å². The molecule has 0 aliphatic carbocycles. The lowest BCUT2D eigenvalue weighted by Gasteiger charge is -2.29. The molecule has 0 bridgehead atoms. The molecule has 0 amide bonds. The van der Waals surface area contributed by atoms with Crippen molar-refractivity contribution < 1.29 is 9.84 Å². The van der Waals surface area contributed by atoms with Crippen molar-refractivity contribution in [3.8, 4) is 0 Å². The zero-order valence-electron chi connectivity index (χ0n) is 11.5. The summed E-state index contributed by atoms with van der Waals surface area (Å²) in [6.07, 6.45) is 3.72. The second-order valence-corrected chi connectivity index (χ2v) is 5.30. The van der Waals surface area contributed by atoms with Crippen LogP contribution in [-0.4, -0.2) is 61.5 Å². The minimum atomic E-state index is -0.116. The van der Waals surface area contributed by atoms with Crippen molar-refractivity contribution in [2.45, 2.75) is 44.8 Å². The molecule has 0 saturated carbocycles. The molecule has 1 fully saturated rings. The molecule has 102 valence electrons. The van der Waals surface area contributed by atoms with Gasteiger partial charge in [-0.25, -0.2) is 0 Å². The number of likely N-dealkylation sites (N-methyl/N-ethyl adjacent to an activating group) is 1. The van der Waals surface area contributed by atoms with E-state index < -0.39 is 0 Å². The van der Waals surface area contributed by atoms with Crippen molar-refractivity contribution in [3.05, 3.63) is 0 Å². The molecule has 2 atom stereocenters. The maximum absolute atomic E-state index is 9.39. The average Bonchev–Trinajstić information content (AvgIpc) is 2.77. The molecule has 2 N–H and O–H groups in total. The Morgan fingerprint density at radius 2 is 2.29 bits per heavy atom. The standard InChI is InChI=1S/C13H28N2O2/c1-4-14-13(2,11-16)7-5-8-15-9-6-12(10-15)17-3/h12,14,16H,4-11H2,1-3H3. The highest BCUT2D eigenvalue weighted by atomic mass is 16.5. The van der Waals surface area contributed by atoms with Crippen LogP contribution in [0.3, 0.4) is 0 Å². The number of nitrogens with zero attached hydrogens (tertiary/aromatic N) is 1. The summed E-state index contributed by atoms with van der Waals surface area (Å²) in [6.45, 7) is 8.62. The van der Waals surface area contributed by atoms with Crippen molar-refractivity contribution in [1.82, 2.24) is 10.2 Å². The summed E-state index contributed by atoms with van der Waals surface area (Å²) >= 11 is 0. The van der Waals surface area contributed by atoms with E-state index in [1.54, 1.807) is 7.11 Å². The molecule has 1 heterocycles. The first-order chi connectivity index (χ1) is 8.13. The zero-order chi connectivity index (χ0) is 12.7. The fourth-order valence-corrected chi connectivity index (χ4v) is 2.54. The molecule has 0 aromatic carbocycles. The molecule has 0 aromatic heterocycles. The van der Waals surface area contributed by atoms with Gasteiger partial charge in [-0.2, -0.15) is 0 Å². The molecular weight excluding hydrogens is 216 g/mol. The SMILES string of the molecule is CCNC(C)(CO)CCCN1CCC(OC)C1. The van der Waals surface area contributed by atoms with Gasteiger partial charge in [0, 0.05) is 25.7 Å². The maximum Gasteiger partial charge on any atom is 0.0710 e. The van der Waals surface area contributed by atoms with E-state index in [1.165, 1.54) is 0 Å². The Kier molecular flexibility index (Phi) is 6.41. The van der Waals surface area contributed by atoms with Crippen LogP contribution in [0.4, 0.5) is 0 Å². The molecule has 1 aliphatic heterocycles. The zero-order valence-corrected chi connectivity index (χ0v) is 11.5. The number of aliphatic hydroxyl groups is 1. The number of hydrogen-bond donors (Lipinski definition) is 2. The minimum Gasteiger partial charge on any atom is -0.394 e. The largest absolute Gasteiger partial charge is 0.394 e. The Morgan fingerprint density at radius 3 is 2.82 bits per heavy atom. The van der Waals surface area contributed by atoms with E-state index in [1.807, 2.05) is 0 Å². The normalized spacial score (nSPS) is 25.1. The van der Waals surface area contributed by atoms with Crippen LogP contribution in [0.5, 0.6) is 0 Å². The van der Waals surface area contributed by atoms with Crippen molar-refractivity contribution in [1.29, 1.82) is 0 Å². The molecule has 0 radical (unpaired) electrons. The number of methoxy groups -OCH3 is 1. The third-order valence-corrected chi connectivity index (χ3v) is 3.72. The van der Waals surface area contributed by atoms with Crippen molar-refractivity contribution in [3.63, 3.8) is 0 Å². The summed E-state index contributed by atoms with van der Waals surface area (Å²) in [6, 6.07) is 0. The topological polar surface area (TPSA) is 44.7 Å². The predicted octanol–water partition coefficient (Wildman–Crippen LogP) is 0.848. The van der Waals surface area contributed by atoms with E-state index >= 15 is 0 Å². The van der Waals surface area contributed by atoms with Gasteiger partial charge in [-0.05, 0) is 39.3 Å². The average molecular weight is 244 g/mol. The molecule has 1 saturated heterocycles. The molecule has 0 aromatic rings. The maximum atomic E-state index is 9.39. The molecule has 1 aliphatic rings. The number of nitrogens with one attached hydrogen (secondary N) is 1. The van der Waals surface area contributed by atoms with E-state index in [9.17, 15) is 5.11 Å². The molecule has 17 heavy (non-hydrogen) atoms. The van der Waals surface area contributed by atoms with E-state index in [0.29, 0.717) is 6.10 Å². The Balaban J connectivity index is 2.18. The number of rotatable bonds is 8. The third-order valence-electron chi connectivity index (χ3n) is 3.72. The van der Waals surface area contributed by atoms with Crippen LogP contribution < -0.4 is 5.32 Å². The first-order valence-corrected chi connectivity index (χ1v) is 6.74. The number of aliphatic hydroxyl groups excluding tert-OH is 1. The van der Waals surface area contributed by atoms with E-state index in [0.717, 1.165) is 45.4 Å². The summed E-state index contributed by atoms with van der Waals surface area (Å²) < 4.78 is 5.35. The first kappa shape index (κ1) is 14.9. The fraction of sp³-hybridized carbons (Fsp3) is 1.00. The summed E-state index contributed by atoms with van der Waals surface area (Å²) in [5, 5.41) is 12.8. The van der Waals surface area contributed by atoms with Gasteiger partial charge in [-0.15, -0.1) is 0 Å². The minimum absolute atomic E-state index is 0.116. The monoisotopic (exact) mass is 244 g/mol. The molecule has 2 unspecified atom stereocenters. The highest BCUT2D eigenvalue weighted by Gasteiger charge is 2.24. The van der Waals surface area contributed by atoms with Crippen molar-refractivity contribution in [2.75, 3.05) is 39.9 Å². The van der Waals surface area contributed by atoms with Gasteiger partial charge in [0.25, 0.3) is 0 Å². The lowest BCUT2D eigenvalue weighted by atomic mass is 9.96.